The van der Waals surface area contributed by atoms with Crippen LogP contribution in [0.25, 0.3) is 10.8 Å². The quantitative estimate of drug-likeness (QED) is 0.517. The van der Waals surface area contributed by atoms with Crippen LogP contribution in [0.1, 0.15) is 62.0 Å². The molecule has 1 saturated heterocycles. The van der Waals surface area contributed by atoms with E-state index < -0.39 is 29.5 Å². The minimum Gasteiger partial charge on any atom is -0.465 e. The second-order valence-electron chi connectivity index (χ2n) is 10.8. The summed E-state index contributed by atoms with van der Waals surface area (Å²) in [6.07, 6.45) is -1.07. The summed E-state index contributed by atoms with van der Waals surface area (Å²) in [5.74, 6) is 0.603. The summed E-state index contributed by atoms with van der Waals surface area (Å²) < 4.78 is 19.7. The highest BCUT2D eigenvalue weighted by molar-refractivity contribution is 7.09. The van der Waals surface area contributed by atoms with E-state index in [2.05, 4.69) is 9.36 Å². The van der Waals surface area contributed by atoms with Gasteiger partial charge in [0.05, 0.1) is 17.8 Å². The second kappa shape index (κ2) is 9.70. The predicted molar refractivity (Wildman–Crippen MR) is 142 cm³/mol. The summed E-state index contributed by atoms with van der Waals surface area (Å²) in [6.45, 7) is 9.95. The monoisotopic (exact) mass is 555 g/mol. The second-order valence-corrected chi connectivity index (χ2v) is 11.6. The number of anilines is 1. The highest BCUT2D eigenvalue weighted by Crippen LogP contribution is 2.40. The largest absolute Gasteiger partial charge is 0.465 e. The number of imidazole rings is 1. The first-order chi connectivity index (χ1) is 18.4. The number of halogens is 1. The Kier molecular flexibility index (Phi) is 6.65. The molecule has 0 radical (unpaired) electrons. The molecule has 2 aromatic heterocycles. The number of rotatable bonds is 4. The normalized spacial score (nSPS) is 19.4. The Hall–Kier alpha value is -3.87. The molecule has 0 aliphatic carbocycles. The molecule has 1 fully saturated rings. The van der Waals surface area contributed by atoms with Crippen LogP contribution in [0.3, 0.4) is 0 Å². The number of carbonyl (C=O) groups excluding carboxylic acids is 2. The third-order valence-electron chi connectivity index (χ3n) is 7.14. The molecule has 2 aliphatic rings. The Bertz CT molecular complexity index is 1450. The minimum absolute atomic E-state index is 0.0235. The first kappa shape index (κ1) is 26.7. The number of carboxylic acid groups (broad SMARTS) is 1. The van der Waals surface area contributed by atoms with Gasteiger partial charge in [0, 0.05) is 37.2 Å². The number of hydrogen-bond acceptors (Lipinski definition) is 7. The topological polar surface area (TPSA) is 125 Å². The third kappa shape index (κ3) is 4.75. The molecule has 3 aromatic rings. The predicted octanol–water partition coefficient (Wildman–Crippen LogP) is 3.95. The first-order valence-corrected chi connectivity index (χ1v) is 13.4. The molecule has 11 nitrogen and oxygen atoms in total. The number of fused-ring (bicyclic) bond motifs is 1. The zero-order chi connectivity index (χ0) is 28.2. The van der Waals surface area contributed by atoms with Gasteiger partial charge in [-0.15, -0.1) is 0 Å². The first-order valence-electron chi connectivity index (χ1n) is 12.7. The Balaban J connectivity index is 1.56. The Labute approximate surface area is 229 Å². The van der Waals surface area contributed by atoms with Gasteiger partial charge in [0.2, 0.25) is 5.91 Å². The average molecular weight is 556 g/mol. The molecule has 1 N–H and O–H groups in total. The van der Waals surface area contributed by atoms with Gasteiger partial charge in [-0.3, -0.25) is 19.4 Å². The lowest BCUT2D eigenvalue weighted by molar-refractivity contribution is -0.117. The molecule has 0 spiro atoms. The van der Waals surface area contributed by atoms with E-state index in [4.69, 9.17) is 4.98 Å². The third-order valence-corrected chi connectivity index (χ3v) is 7.94. The van der Waals surface area contributed by atoms with E-state index in [1.807, 2.05) is 11.5 Å². The number of aromatic nitrogens is 4. The van der Waals surface area contributed by atoms with Crippen molar-refractivity contribution in [3.8, 4) is 10.8 Å². The summed E-state index contributed by atoms with van der Waals surface area (Å²) in [5, 5.41) is 10.5. The van der Waals surface area contributed by atoms with Crippen LogP contribution in [0.5, 0.6) is 0 Å². The lowest BCUT2D eigenvalue weighted by Crippen LogP contribution is -2.52. The molecule has 39 heavy (non-hydrogen) atoms. The molecular weight excluding hydrogens is 525 g/mol. The van der Waals surface area contributed by atoms with Crippen LogP contribution >= 0.6 is 11.5 Å². The molecule has 206 valence electrons. The van der Waals surface area contributed by atoms with Gasteiger partial charge in [-0.1, -0.05) is 0 Å². The van der Waals surface area contributed by atoms with E-state index in [1.54, 1.807) is 32.6 Å². The van der Waals surface area contributed by atoms with Gasteiger partial charge in [0.15, 0.2) is 16.6 Å². The van der Waals surface area contributed by atoms with E-state index in [0.29, 0.717) is 46.8 Å². The van der Waals surface area contributed by atoms with Gasteiger partial charge in [0.25, 0.3) is 5.91 Å². The lowest BCUT2D eigenvalue weighted by Gasteiger charge is -2.38. The number of aryl methyl sites for hydroxylation is 1. The number of benzene rings is 1. The molecule has 1 aromatic carbocycles. The van der Waals surface area contributed by atoms with Crippen LogP contribution in [-0.2, 0) is 11.3 Å². The Morgan fingerprint density at radius 1 is 1.15 bits per heavy atom. The van der Waals surface area contributed by atoms with Crippen LogP contribution in [0, 0.1) is 12.7 Å². The Morgan fingerprint density at radius 2 is 1.85 bits per heavy atom. The highest BCUT2D eigenvalue weighted by atomic mass is 32.1. The van der Waals surface area contributed by atoms with Crippen molar-refractivity contribution in [3.05, 3.63) is 47.2 Å². The van der Waals surface area contributed by atoms with E-state index >= 15 is 0 Å². The molecule has 3 amide bonds. The molecule has 2 atom stereocenters. The maximum Gasteiger partial charge on any atom is 0.408 e. The zero-order valence-corrected chi connectivity index (χ0v) is 23.2. The smallest absolute Gasteiger partial charge is 0.408 e. The van der Waals surface area contributed by atoms with Crippen molar-refractivity contribution in [2.24, 2.45) is 0 Å². The fourth-order valence-electron chi connectivity index (χ4n) is 5.48. The molecule has 2 aliphatic heterocycles. The highest BCUT2D eigenvalue weighted by Gasteiger charge is 2.44. The van der Waals surface area contributed by atoms with Gasteiger partial charge in [-0.25, -0.2) is 19.2 Å². The molecule has 5 rings (SSSR count). The van der Waals surface area contributed by atoms with E-state index in [1.165, 1.54) is 45.6 Å². The fraction of sp³-hybridized carbons (Fsp3) is 0.462. The maximum atomic E-state index is 13.5. The molecule has 0 bridgehead atoms. The average Bonchev–Trinajstić information content (AvgIpc) is 3.55. The van der Waals surface area contributed by atoms with Crippen LogP contribution in [0.2, 0.25) is 0 Å². The minimum atomic E-state index is -1.09. The van der Waals surface area contributed by atoms with Gasteiger partial charge >= 0.3 is 6.09 Å². The molecule has 13 heteroatoms. The maximum absolute atomic E-state index is 13.5. The van der Waals surface area contributed by atoms with Crippen molar-refractivity contribution >= 4 is 35.3 Å². The number of carbonyl (C=O) groups is 3. The summed E-state index contributed by atoms with van der Waals surface area (Å²) in [5.41, 5.74) is 0.310. The summed E-state index contributed by atoms with van der Waals surface area (Å²) in [6, 6.07) is 4.37. The van der Waals surface area contributed by atoms with Gasteiger partial charge in [0.1, 0.15) is 11.6 Å². The number of hydrogen-bond donors (Lipinski definition) is 1. The van der Waals surface area contributed by atoms with Crippen molar-refractivity contribution < 1.29 is 23.9 Å². The van der Waals surface area contributed by atoms with Crippen molar-refractivity contribution in [1.82, 2.24) is 28.7 Å². The summed E-state index contributed by atoms with van der Waals surface area (Å²) in [4.78, 5) is 52.8. The molecule has 2 unspecified atom stereocenters. The van der Waals surface area contributed by atoms with Crippen molar-refractivity contribution in [1.29, 1.82) is 0 Å². The fourth-order valence-corrected chi connectivity index (χ4v) is 6.15. The van der Waals surface area contributed by atoms with Crippen LogP contribution in [-0.4, -0.2) is 76.4 Å². The number of amides is 3. The summed E-state index contributed by atoms with van der Waals surface area (Å²) in [7, 11) is 0. The molecule has 4 heterocycles. The van der Waals surface area contributed by atoms with Gasteiger partial charge in [-0.05, 0) is 70.4 Å². The van der Waals surface area contributed by atoms with Crippen molar-refractivity contribution in [3.63, 3.8) is 0 Å². The summed E-state index contributed by atoms with van der Waals surface area (Å²) >= 11 is 1.20. The molecule has 0 saturated carbocycles. The van der Waals surface area contributed by atoms with Gasteiger partial charge in [-0.2, -0.15) is 4.37 Å². The van der Waals surface area contributed by atoms with E-state index in [0.717, 1.165) is 0 Å². The molecular formula is C26H30FN7O4S. The van der Waals surface area contributed by atoms with Crippen LogP contribution < -0.4 is 4.90 Å². The van der Waals surface area contributed by atoms with Gasteiger partial charge < -0.3 is 14.6 Å². The lowest BCUT2D eigenvalue weighted by atomic mass is 10.0. The zero-order valence-electron chi connectivity index (χ0n) is 22.4. The Morgan fingerprint density at radius 3 is 2.44 bits per heavy atom. The number of nitrogens with zero attached hydrogens (tertiary/aromatic N) is 7. The van der Waals surface area contributed by atoms with Crippen LogP contribution in [0.4, 0.5) is 15.0 Å². The van der Waals surface area contributed by atoms with Crippen molar-refractivity contribution in [2.75, 3.05) is 18.0 Å². The van der Waals surface area contributed by atoms with Crippen LogP contribution in [0.15, 0.2) is 24.3 Å². The standard InChI is InChI=1S/C26H30FN7O4S/c1-14-20-21(33-13-18(12-19(33)35)34(25(37)38)26(3,4)5)29-22(23-28-15(2)30-39-23)32(20)11-10-31(14)24(36)16-6-8-17(27)9-7-16/h6-9,14,18H,10-13H2,1-5H3,(H,37,38). The SMILES string of the molecule is Cc1nsc(-c2nc(N3CC(N(C(=O)O)C(C)(C)C)CC3=O)c3n2CCN(C(=O)c2ccc(F)cc2)C3C)n1. The van der Waals surface area contributed by atoms with Crippen molar-refractivity contribution in [2.45, 2.75) is 65.2 Å². The van der Waals surface area contributed by atoms with E-state index in [-0.39, 0.29) is 24.8 Å². The van der Waals surface area contributed by atoms with E-state index in [9.17, 15) is 23.9 Å².